The molecule has 9 nitrogen and oxygen atoms in total. The lowest BCUT2D eigenvalue weighted by molar-refractivity contribution is -0.121. The average Bonchev–Trinajstić information content (AvgIpc) is 2.46. The van der Waals surface area contributed by atoms with Gasteiger partial charge in [0.2, 0.25) is 21.9 Å². The minimum absolute atomic E-state index is 0.00148. The van der Waals surface area contributed by atoms with Crippen LogP contribution in [0, 0.1) is 0 Å². The van der Waals surface area contributed by atoms with Crippen molar-refractivity contribution in [2.24, 2.45) is 5.84 Å². The maximum atomic E-state index is 11.9. The summed E-state index contributed by atoms with van der Waals surface area (Å²) in [7, 11) is -3.74. The number of nitrogens with zero attached hydrogens (tertiary/aromatic N) is 2. The van der Waals surface area contributed by atoms with Crippen LogP contribution in [0.4, 0.5) is 5.95 Å². The number of aromatic nitrogens is 2. The summed E-state index contributed by atoms with van der Waals surface area (Å²) in [6, 6.07) is 0.0683. The van der Waals surface area contributed by atoms with Gasteiger partial charge in [0.25, 0.3) is 0 Å². The van der Waals surface area contributed by atoms with Crippen LogP contribution in [0.1, 0.15) is 26.7 Å². The zero-order valence-corrected chi connectivity index (χ0v) is 12.8. The monoisotopic (exact) mass is 316 g/mol. The summed E-state index contributed by atoms with van der Waals surface area (Å²) in [5.74, 6) is 5.00. The molecule has 1 aromatic heterocycles. The first-order valence-electron chi connectivity index (χ1n) is 6.46. The van der Waals surface area contributed by atoms with Gasteiger partial charge in [0.15, 0.2) is 0 Å². The lowest BCUT2D eigenvalue weighted by atomic mass is 10.2. The summed E-state index contributed by atoms with van der Waals surface area (Å²) >= 11 is 0. The molecule has 118 valence electrons. The van der Waals surface area contributed by atoms with Gasteiger partial charge in [-0.1, -0.05) is 6.92 Å². The van der Waals surface area contributed by atoms with Crippen LogP contribution in [0.5, 0.6) is 0 Å². The van der Waals surface area contributed by atoms with E-state index in [-0.39, 0.29) is 35.8 Å². The fourth-order valence-electron chi connectivity index (χ4n) is 1.36. The fraction of sp³-hybridized carbons (Fsp3) is 0.545. The Bertz CT molecular complexity index is 560. The molecule has 0 aliphatic heterocycles. The maximum absolute atomic E-state index is 11.9. The third kappa shape index (κ3) is 5.61. The van der Waals surface area contributed by atoms with Crippen LogP contribution in [0.15, 0.2) is 17.3 Å². The van der Waals surface area contributed by atoms with E-state index < -0.39 is 10.0 Å². The van der Waals surface area contributed by atoms with E-state index in [1.54, 1.807) is 0 Å². The first-order chi connectivity index (χ1) is 9.89. The standard InChI is InChI=1S/C11H20N6O3S/c1-3-8(2)16-10(18)4-5-15-21(19,20)9-6-13-11(17-12)14-7-9/h6-8,15H,3-5,12H2,1-2H3,(H,16,18)(H,13,14,17). The van der Waals surface area contributed by atoms with E-state index in [1.807, 2.05) is 13.8 Å². The average molecular weight is 316 g/mol. The van der Waals surface area contributed by atoms with Crippen LogP contribution >= 0.6 is 0 Å². The van der Waals surface area contributed by atoms with Gasteiger partial charge in [0.05, 0.1) is 12.4 Å². The highest BCUT2D eigenvalue weighted by Gasteiger charge is 2.15. The topological polar surface area (TPSA) is 139 Å². The Hall–Kier alpha value is -1.78. The molecule has 0 saturated carbocycles. The van der Waals surface area contributed by atoms with Gasteiger partial charge in [-0.05, 0) is 13.3 Å². The van der Waals surface area contributed by atoms with Crippen molar-refractivity contribution < 1.29 is 13.2 Å². The van der Waals surface area contributed by atoms with Crippen molar-refractivity contribution in [1.29, 1.82) is 0 Å². The van der Waals surface area contributed by atoms with Crippen LogP contribution < -0.4 is 21.3 Å². The third-order valence-electron chi connectivity index (χ3n) is 2.73. The molecule has 0 fully saturated rings. The van der Waals surface area contributed by atoms with Crippen molar-refractivity contribution in [3.63, 3.8) is 0 Å². The summed E-state index contributed by atoms with van der Waals surface area (Å²) in [4.78, 5) is 18.9. The summed E-state index contributed by atoms with van der Waals surface area (Å²) in [6.07, 6.45) is 3.14. The molecule has 1 heterocycles. The molecular formula is C11H20N6O3S. The van der Waals surface area contributed by atoms with Gasteiger partial charge in [-0.25, -0.2) is 29.0 Å². The van der Waals surface area contributed by atoms with Gasteiger partial charge in [-0.2, -0.15) is 0 Å². The van der Waals surface area contributed by atoms with E-state index in [0.717, 1.165) is 18.8 Å². The Morgan fingerprint density at radius 2 is 2.00 bits per heavy atom. The number of nitrogens with two attached hydrogens (primary N) is 1. The predicted octanol–water partition coefficient (Wildman–Crippen LogP) is -0.655. The molecule has 0 radical (unpaired) electrons. The number of sulfonamides is 1. The normalized spacial score (nSPS) is 12.7. The molecule has 1 atom stereocenters. The molecule has 0 spiro atoms. The summed E-state index contributed by atoms with van der Waals surface area (Å²) in [5.41, 5.74) is 2.20. The number of hydrazine groups is 1. The van der Waals surface area contributed by atoms with E-state index in [1.165, 1.54) is 0 Å². The number of carbonyl (C=O) groups is 1. The molecule has 0 bridgehead atoms. The first-order valence-corrected chi connectivity index (χ1v) is 7.95. The number of hydrogen-bond acceptors (Lipinski definition) is 7. The van der Waals surface area contributed by atoms with Gasteiger partial charge in [-0.3, -0.25) is 10.2 Å². The number of hydrogen-bond donors (Lipinski definition) is 4. The van der Waals surface area contributed by atoms with Crippen molar-refractivity contribution in [3.8, 4) is 0 Å². The molecule has 0 aromatic carbocycles. The highest BCUT2D eigenvalue weighted by molar-refractivity contribution is 7.89. The van der Waals surface area contributed by atoms with Crippen LogP contribution in [0.25, 0.3) is 0 Å². The number of rotatable bonds is 8. The smallest absolute Gasteiger partial charge is 0.243 e. The molecule has 0 aliphatic carbocycles. The predicted molar refractivity (Wildman–Crippen MR) is 77.5 cm³/mol. The van der Waals surface area contributed by atoms with E-state index in [0.29, 0.717) is 0 Å². The minimum atomic E-state index is -3.74. The molecule has 1 aromatic rings. The quantitative estimate of drug-likeness (QED) is 0.369. The summed E-state index contributed by atoms with van der Waals surface area (Å²) in [5, 5.41) is 2.75. The Morgan fingerprint density at radius 3 is 2.52 bits per heavy atom. The number of amides is 1. The zero-order chi connectivity index (χ0) is 15.9. The zero-order valence-electron chi connectivity index (χ0n) is 12.0. The Labute approximate surface area is 123 Å². The number of nitrogens with one attached hydrogen (secondary N) is 3. The Morgan fingerprint density at radius 1 is 1.38 bits per heavy atom. The molecule has 0 aliphatic rings. The Balaban J connectivity index is 2.51. The summed E-state index contributed by atoms with van der Waals surface area (Å²) in [6.45, 7) is 3.83. The number of nitrogen functional groups attached to an aromatic ring is 1. The maximum Gasteiger partial charge on any atom is 0.243 e. The van der Waals surface area contributed by atoms with Gasteiger partial charge in [0.1, 0.15) is 4.90 Å². The number of carbonyl (C=O) groups excluding carboxylic acids is 1. The first kappa shape index (κ1) is 17.3. The van der Waals surface area contributed by atoms with E-state index in [2.05, 4.69) is 25.4 Å². The van der Waals surface area contributed by atoms with E-state index >= 15 is 0 Å². The summed E-state index contributed by atoms with van der Waals surface area (Å²) < 4.78 is 26.1. The van der Waals surface area contributed by atoms with Gasteiger partial charge >= 0.3 is 0 Å². The molecule has 21 heavy (non-hydrogen) atoms. The van der Waals surface area contributed by atoms with Crippen LogP contribution in [-0.4, -0.2) is 36.9 Å². The van der Waals surface area contributed by atoms with Crippen molar-refractivity contribution in [3.05, 3.63) is 12.4 Å². The van der Waals surface area contributed by atoms with E-state index in [9.17, 15) is 13.2 Å². The van der Waals surface area contributed by atoms with Gasteiger partial charge < -0.3 is 5.32 Å². The van der Waals surface area contributed by atoms with Crippen molar-refractivity contribution >= 4 is 21.9 Å². The molecule has 10 heteroatoms. The van der Waals surface area contributed by atoms with Crippen LogP contribution in [-0.2, 0) is 14.8 Å². The lowest BCUT2D eigenvalue weighted by Crippen LogP contribution is -2.35. The Kier molecular flexibility index (Phi) is 6.46. The fourth-order valence-corrected chi connectivity index (χ4v) is 2.28. The van der Waals surface area contributed by atoms with Gasteiger partial charge in [0, 0.05) is 19.0 Å². The third-order valence-corrected chi connectivity index (χ3v) is 4.15. The highest BCUT2D eigenvalue weighted by Crippen LogP contribution is 2.06. The molecule has 1 amide bonds. The van der Waals surface area contributed by atoms with Crippen molar-refractivity contribution in [1.82, 2.24) is 20.0 Å². The van der Waals surface area contributed by atoms with Crippen LogP contribution in [0.2, 0.25) is 0 Å². The molecule has 0 saturated heterocycles. The second-order valence-corrected chi connectivity index (χ2v) is 6.18. The largest absolute Gasteiger partial charge is 0.354 e. The molecular weight excluding hydrogens is 296 g/mol. The SMILES string of the molecule is CCC(C)NC(=O)CCNS(=O)(=O)c1cnc(NN)nc1. The van der Waals surface area contributed by atoms with Crippen molar-refractivity contribution in [2.45, 2.75) is 37.6 Å². The molecule has 5 N–H and O–H groups in total. The van der Waals surface area contributed by atoms with Gasteiger partial charge in [-0.15, -0.1) is 0 Å². The molecule has 1 unspecified atom stereocenters. The number of anilines is 1. The van der Waals surface area contributed by atoms with Crippen LogP contribution in [0.3, 0.4) is 0 Å². The van der Waals surface area contributed by atoms with E-state index in [4.69, 9.17) is 5.84 Å². The minimum Gasteiger partial charge on any atom is -0.354 e. The second kappa shape index (κ2) is 7.86. The second-order valence-electron chi connectivity index (χ2n) is 4.41. The lowest BCUT2D eigenvalue weighted by Gasteiger charge is -2.11. The molecule has 1 rings (SSSR count). The van der Waals surface area contributed by atoms with Crippen molar-refractivity contribution in [2.75, 3.05) is 12.0 Å². The highest BCUT2D eigenvalue weighted by atomic mass is 32.2.